The molecule has 2 aromatic carbocycles. The molecule has 5 heteroatoms. The van der Waals surface area contributed by atoms with E-state index in [2.05, 4.69) is 6.07 Å². The first-order valence-electron chi connectivity index (χ1n) is 7.51. The van der Waals surface area contributed by atoms with Gasteiger partial charge < -0.3 is 14.2 Å². The first kappa shape index (κ1) is 21.4. The number of Topliss-reactive ketones (excluding diaryl/α,β-unsaturated/α-hetero) is 1. The van der Waals surface area contributed by atoms with E-state index >= 15 is 0 Å². The predicted molar refractivity (Wildman–Crippen MR) is 94.1 cm³/mol. The Kier molecular flexibility index (Phi) is 8.33. The molecule has 0 aliphatic heterocycles. The smallest absolute Gasteiger partial charge is 0.493 e. The summed E-state index contributed by atoms with van der Waals surface area (Å²) < 4.78 is 15.9. The van der Waals surface area contributed by atoms with Gasteiger partial charge in [0.25, 0.3) is 0 Å². The third-order valence-corrected chi connectivity index (χ3v) is 3.65. The Morgan fingerprint density at radius 2 is 1.64 bits per heavy atom. The van der Waals surface area contributed by atoms with Crippen molar-refractivity contribution >= 4 is 11.9 Å². The van der Waals surface area contributed by atoms with Crippen LogP contribution < -0.4 is 14.2 Å². The largest absolute Gasteiger partial charge is 3.00 e. The fourth-order valence-electron chi connectivity index (χ4n) is 2.34. The van der Waals surface area contributed by atoms with E-state index in [1.165, 1.54) is 21.3 Å². The SMILES string of the molecule is COc1cc(C(=O)/C(C)=C/c2[c-]cc(C)cc2)cc(OC)c1OC.[Y+3]. The number of allylic oxidation sites excluding steroid dienone is 1. The average Bonchev–Trinajstić information content (AvgIpc) is 2.61. The molecule has 0 aliphatic rings. The normalized spacial score (nSPS) is 10.7. The number of hydrogen-bond acceptors (Lipinski definition) is 4. The van der Waals surface area contributed by atoms with E-state index in [9.17, 15) is 4.79 Å². The van der Waals surface area contributed by atoms with Gasteiger partial charge in [-0.1, -0.05) is 6.92 Å². The van der Waals surface area contributed by atoms with E-state index in [1.54, 1.807) is 19.1 Å². The van der Waals surface area contributed by atoms with Gasteiger partial charge in [0.2, 0.25) is 5.75 Å². The number of carbonyl (C=O) groups excluding carboxylic acids is 1. The second-order valence-electron chi connectivity index (χ2n) is 5.39. The van der Waals surface area contributed by atoms with Crippen molar-refractivity contribution in [3.8, 4) is 17.2 Å². The molecule has 0 unspecified atom stereocenters. The van der Waals surface area contributed by atoms with Crippen molar-refractivity contribution in [1.29, 1.82) is 0 Å². The molecule has 2 aromatic rings. The fraction of sp³-hybridized carbons (Fsp3) is 0.250. The van der Waals surface area contributed by atoms with Gasteiger partial charge in [-0.05, 0) is 24.6 Å². The maximum atomic E-state index is 12.7. The molecule has 25 heavy (non-hydrogen) atoms. The topological polar surface area (TPSA) is 44.8 Å². The Hall–Kier alpha value is -1.65. The molecule has 4 nitrogen and oxygen atoms in total. The summed E-state index contributed by atoms with van der Waals surface area (Å²) in [5, 5.41) is 0. The molecular weight excluding hydrogens is 393 g/mol. The number of rotatable bonds is 6. The summed E-state index contributed by atoms with van der Waals surface area (Å²) in [5.74, 6) is 1.26. The van der Waals surface area contributed by atoms with Crippen LogP contribution in [0.2, 0.25) is 0 Å². The van der Waals surface area contributed by atoms with Crippen LogP contribution in [0, 0.1) is 13.0 Å². The Balaban J connectivity index is 0.00000312. The van der Waals surface area contributed by atoms with Crippen LogP contribution in [-0.4, -0.2) is 27.1 Å². The van der Waals surface area contributed by atoms with Crippen molar-refractivity contribution in [3.63, 3.8) is 0 Å². The van der Waals surface area contributed by atoms with E-state index in [0.717, 1.165) is 11.1 Å². The van der Waals surface area contributed by atoms with Crippen LogP contribution in [0.15, 0.2) is 35.9 Å². The summed E-state index contributed by atoms with van der Waals surface area (Å²) in [7, 11) is 4.57. The van der Waals surface area contributed by atoms with Gasteiger partial charge in [-0.15, -0.1) is 35.9 Å². The van der Waals surface area contributed by atoms with E-state index in [1.807, 2.05) is 31.2 Å². The Morgan fingerprint density at radius 1 is 1.04 bits per heavy atom. The summed E-state index contributed by atoms with van der Waals surface area (Å²) in [6, 6.07) is 12.3. The minimum atomic E-state index is -0.108. The zero-order valence-electron chi connectivity index (χ0n) is 15.2. The summed E-state index contributed by atoms with van der Waals surface area (Å²) in [4.78, 5) is 12.7. The summed E-state index contributed by atoms with van der Waals surface area (Å²) >= 11 is 0. The Morgan fingerprint density at radius 3 is 2.08 bits per heavy atom. The van der Waals surface area contributed by atoms with Crippen LogP contribution in [0.1, 0.15) is 28.4 Å². The molecule has 0 atom stereocenters. The van der Waals surface area contributed by atoms with Gasteiger partial charge in [-0.2, -0.15) is 5.56 Å². The van der Waals surface area contributed by atoms with Gasteiger partial charge in [-0.3, -0.25) is 4.79 Å². The van der Waals surface area contributed by atoms with Gasteiger partial charge in [0.05, 0.1) is 21.3 Å². The van der Waals surface area contributed by atoms with Gasteiger partial charge >= 0.3 is 32.7 Å². The number of methoxy groups -OCH3 is 3. The van der Waals surface area contributed by atoms with E-state index in [0.29, 0.717) is 28.4 Å². The Bertz CT molecular complexity index is 739. The Labute approximate surface area is 174 Å². The number of benzene rings is 2. The minimum absolute atomic E-state index is 0. The average molecular weight is 414 g/mol. The van der Waals surface area contributed by atoms with Crippen LogP contribution >= 0.6 is 0 Å². The van der Waals surface area contributed by atoms with E-state index in [-0.39, 0.29) is 38.5 Å². The molecule has 0 spiro atoms. The molecule has 2 rings (SSSR count). The molecule has 0 aliphatic carbocycles. The van der Waals surface area contributed by atoms with Crippen LogP contribution in [0.4, 0.5) is 0 Å². The molecule has 0 saturated heterocycles. The van der Waals surface area contributed by atoms with Crippen molar-refractivity contribution < 1.29 is 51.7 Å². The number of ether oxygens (including phenoxy) is 3. The number of aryl methyl sites for hydroxylation is 1. The summed E-state index contributed by atoms with van der Waals surface area (Å²) in [6.45, 7) is 3.77. The number of carbonyl (C=O) groups is 1. The summed E-state index contributed by atoms with van der Waals surface area (Å²) in [5.41, 5.74) is 3.06. The molecule has 0 fully saturated rings. The number of ketones is 1. The van der Waals surface area contributed by atoms with Gasteiger partial charge in [0.15, 0.2) is 17.3 Å². The van der Waals surface area contributed by atoms with Crippen LogP contribution in [0.5, 0.6) is 17.2 Å². The third-order valence-electron chi connectivity index (χ3n) is 3.65. The number of hydrogen-bond donors (Lipinski definition) is 0. The molecule has 0 aromatic heterocycles. The minimum Gasteiger partial charge on any atom is -0.493 e. The molecule has 0 bridgehead atoms. The second-order valence-corrected chi connectivity index (χ2v) is 5.39. The third kappa shape index (κ3) is 5.16. The molecule has 0 N–H and O–H groups in total. The summed E-state index contributed by atoms with van der Waals surface area (Å²) in [6.07, 6.45) is 1.81. The first-order chi connectivity index (χ1) is 11.5. The zero-order chi connectivity index (χ0) is 17.7. The fourth-order valence-corrected chi connectivity index (χ4v) is 2.34. The zero-order valence-corrected chi connectivity index (χ0v) is 18.0. The van der Waals surface area contributed by atoms with E-state index < -0.39 is 0 Å². The first-order valence-corrected chi connectivity index (χ1v) is 7.51. The molecular formula is C20H21O4Y+2. The quantitative estimate of drug-likeness (QED) is 0.406. The molecule has 0 amide bonds. The monoisotopic (exact) mass is 414 g/mol. The van der Waals surface area contributed by atoms with Gasteiger partial charge in [0.1, 0.15) is 0 Å². The van der Waals surface area contributed by atoms with Gasteiger partial charge in [0, 0.05) is 5.56 Å². The van der Waals surface area contributed by atoms with Crippen molar-refractivity contribution in [3.05, 3.63) is 58.7 Å². The maximum absolute atomic E-state index is 12.7. The van der Waals surface area contributed by atoms with E-state index in [4.69, 9.17) is 14.2 Å². The molecule has 0 heterocycles. The van der Waals surface area contributed by atoms with Crippen LogP contribution in [-0.2, 0) is 32.7 Å². The predicted octanol–water partition coefficient (Wildman–Crippen LogP) is 4.10. The van der Waals surface area contributed by atoms with Crippen molar-refractivity contribution in [2.75, 3.05) is 21.3 Å². The van der Waals surface area contributed by atoms with Crippen molar-refractivity contribution in [1.82, 2.24) is 0 Å². The standard InChI is InChI=1S/C20H21O4.Y/c1-13-6-8-15(9-7-13)10-14(2)19(21)16-11-17(22-3)20(24-5)18(12-16)23-4;/h6-8,10-12H,1-5H3;/q-1;+3/b14-10+;. The maximum Gasteiger partial charge on any atom is 3.00 e. The van der Waals surface area contributed by atoms with Crippen LogP contribution in [0.25, 0.3) is 6.08 Å². The van der Waals surface area contributed by atoms with Gasteiger partial charge in [-0.25, -0.2) is 0 Å². The molecule has 0 radical (unpaired) electrons. The van der Waals surface area contributed by atoms with Crippen molar-refractivity contribution in [2.45, 2.75) is 13.8 Å². The molecule has 0 saturated carbocycles. The second kappa shape index (κ2) is 9.74. The van der Waals surface area contributed by atoms with Crippen molar-refractivity contribution in [2.24, 2.45) is 0 Å². The molecule has 126 valence electrons. The van der Waals surface area contributed by atoms with Crippen LogP contribution in [0.3, 0.4) is 0 Å².